The van der Waals surface area contributed by atoms with Crippen LogP contribution in [0.5, 0.6) is 0 Å². The average molecular weight is 407 g/mol. The number of halogens is 1. The topological polar surface area (TPSA) is 98.9 Å². The van der Waals surface area contributed by atoms with Crippen molar-refractivity contribution in [1.29, 1.82) is 0 Å². The van der Waals surface area contributed by atoms with E-state index in [0.29, 0.717) is 50.2 Å². The summed E-state index contributed by atoms with van der Waals surface area (Å²) in [6, 6.07) is 6.53. The molecule has 9 heteroatoms. The first-order chi connectivity index (χ1) is 12.0. The molecule has 2 rings (SSSR count). The van der Waals surface area contributed by atoms with Gasteiger partial charge in [-0.15, -0.1) is 12.4 Å². The van der Waals surface area contributed by atoms with Crippen LogP contribution in [0.3, 0.4) is 0 Å². The second-order valence-corrected chi connectivity index (χ2v) is 8.03. The minimum atomic E-state index is -3.43. The van der Waals surface area contributed by atoms with Crippen molar-refractivity contribution in [2.45, 2.75) is 31.1 Å². The third kappa shape index (κ3) is 6.51. The first-order valence-electron chi connectivity index (χ1n) is 8.43. The van der Waals surface area contributed by atoms with Gasteiger partial charge in [-0.1, -0.05) is 12.1 Å². The molecule has 1 fully saturated rings. The lowest BCUT2D eigenvalue weighted by molar-refractivity contribution is 0.0208. The third-order valence-corrected chi connectivity index (χ3v) is 6.04. The summed E-state index contributed by atoms with van der Waals surface area (Å²) in [6.45, 7) is 2.12. The molecule has 1 aliphatic rings. The number of benzene rings is 1. The Morgan fingerprint density at radius 3 is 2.62 bits per heavy atom. The molecule has 148 valence electrons. The molecule has 1 saturated heterocycles. The number of ether oxygens (including phenoxy) is 2. The summed E-state index contributed by atoms with van der Waals surface area (Å²) >= 11 is 0. The van der Waals surface area contributed by atoms with E-state index in [4.69, 9.17) is 10.5 Å². The lowest BCUT2D eigenvalue weighted by Crippen LogP contribution is -2.41. The van der Waals surface area contributed by atoms with Crippen LogP contribution < -0.4 is 5.73 Å². The van der Waals surface area contributed by atoms with Gasteiger partial charge in [-0.25, -0.2) is 17.5 Å². The van der Waals surface area contributed by atoms with Gasteiger partial charge in [-0.05, 0) is 43.5 Å². The first-order valence-corrected chi connectivity index (χ1v) is 10.0. The standard InChI is InChI=1S/C17H26N2O5S.ClH/c1-23-17(20)15-5-2-4-14(12-15)13-25(21,22)19-9-6-16(7-10-19)24-11-3-8-18;/h2,4-5,12,16H,3,6-11,13,18H2,1H3;1H. The van der Waals surface area contributed by atoms with E-state index < -0.39 is 16.0 Å². The van der Waals surface area contributed by atoms with Gasteiger partial charge in [0.25, 0.3) is 0 Å². The number of methoxy groups -OCH3 is 1. The minimum Gasteiger partial charge on any atom is -0.465 e. The Kier molecular flexibility index (Phi) is 9.52. The molecule has 1 heterocycles. The van der Waals surface area contributed by atoms with Crippen LogP contribution in [0.2, 0.25) is 0 Å². The Hall–Kier alpha value is -1.19. The molecular weight excluding hydrogens is 380 g/mol. The van der Waals surface area contributed by atoms with E-state index in [-0.39, 0.29) is 24.3 Å². The minimum absolute atomic E-state index is 0. The number of carbonyl (C=O) groups excluding carboxylic acids is 1. The molecule has 1 aromatic carbocycles. The summed E-state index contributed by atoms with van der Waals surface area (Å²) in [6.07, 6.45) is 2.29. The number of nitrogens with zero attached hydrogens (tertiary/aromatic N) is 1. The van der Waals surface area contributed by atoms with Crippen LogP contribution in [0.1, 0.15) is 35.2 Å². The van der Waals surface area contributed by atoms with Crippen LogP contribution in [0.25, 0.3) is 0 Å². The molecule has 26 heavy (non-hydrogen) atoms. The van der Waals surface area contributed by atoms with Crippen LogP contribution in [0.4, 0.5) is 0 Å². The molecule has 7 nitrogen and oxygen atoms in total. The summed E-state index contributed by atoms with van der Waals surface area (Å²) in [5.41, 5.74) is 6.36. The van der Waals surface area contributed by atoms with Crippen LogP contribution in [-0.4, -0.2) is 58.1 Å². The number of piperidine rings is 1. The zero-order valence-corrected chi connectivity index (χ0v) is 16.6. The van der Waals surface area contributed by atoms with E-state index >= 15 is 0 Å². The molecule has 0 atom stereocenters. The van der Waals surface area contributed by atoms with E-state index in [1.807, 2.05) is 0 Å². The highest BCUT2D eigenvalue weighted by Gasteiger charge is 2.28. The maximum Gasteiger partial charge on any atom is 0.337 e. The highest BCUT2D eigenvalue weighted by Crippen LogP contribution is 2.20. The van der Waals surface area contributed by atoms with E-state index in [1.165, 1.54) is 11.4 Å². The Balaban J connectivity index is 0.00000338. The monoisotopic (exact) mass is 406 g/mol. The van der Waals surface area contributed by atoms with Crippen molar-refractivity contribution in [1.82, 2.24) is 4.31 Å². The second-order valence-electron chi connectivity index (χ2n) is 6.06. The molecule has 0 unspecified atom stereocenters. The average Bonchev–Trinajstić information content (AvgIpc) is 2.61. The van der Waals surface area contributed by atoms with E-state index in [2.05, 4.69) is 4.74 Å². The van der Waals surface area contributed by atoms with Gasteiger partial charge < -0.3 is 15.2 Å². The molecule has 0 saturated carbocycles. The molecule has 0 radical (unpaired) electrons. The van der Waals surface area contributed by atoms with Crippen molar-refractivity contribution < 1.29 is 22.7 Å². The largest absolute Gasteiger partial charge is 0.465 e. The van der Waals surface area contributed by atoms with E-state index in [1.54, 1.807) is 24.3 Å². The Morgan fingerprint density at radius 2 is 2.00 bits per heavy atom. The maximum absolute atomic E-state index is 12.6. The van der Waals surface area contributed by atoms with Crippen molar-refractivity contribution in [3.63, 3.8) is 0 Å². The SMILES string of the molecule is COC(=O)c1cccc(CS(=O)(=O)N2CCC(OCCCN)CC2)c1.Cl. The summed E-state index contributed by atoms with van der Waals surface area (Å²) in [7, 11) is -2.13. The predicted octanol–water partition coefficient (Wildman–Crippen LogP) is 1.55. The molecule has 0 aliphatic carbocycles. The second kappa shape index (κ2) is 10.8. The van der Waals surface area contributed by atoms with E-state index in [0.717, 1.165) is 6.42 Å². The molecule has 0 bridgehead atoms. The van der Waals surface area contributed by atoms with Crippen LogP contribution in [0.15, 0.2) is 24.3 Å². The maximum atomic E-state index is 12.6. The van der Waals surface area contributed by atoms with Crippen LogP contribution in [-0.2, 0) is 25.2 Å². The Morgan fingerprint density at radius 1 is 1.31 bits per heavy atom. The van der Waals surface area contributed by atoms with Crippen LogP contribution in [0, 0.1) is 0 Å². The van der Waals surface area contributed by atoms with Gasteiger partial charge in [0.1, 0.15) is 0 Å². The number of sulfonamides is 1. The van der Waals surface area contributed by atoms with Gasteiger partial charge in [0.2, 0.25) is 10.0 Å². The third-order valence-electron chi connectivity index (χ3n) is 4.19. The molecule has 1 aromatic rings. The van der Waals surface area contributed by atoms with Gasteiger partial charge in [0.05, 0.1) is 24.5 Å². The Bertz CT molecular complexity index is 675. The van der Waals surface area contributed by atoms with Gasteiger partial charge in [0.15, 0.2) is 0 Å². The molecular formula is C17H27ClN2O5S. The number of rotatable bonds is 8. The zero-order chi connectivity index (χ0) is 18.3. The first kappa shape index (κ1) is 22.9. The number of nitrogens with two attached hydrogens (primary N) is 1. The fourth-order valence-electron chi connectivity index (χ4n) is 2.82. The lowest BCUT2D eigenvalue weighted by atomic mass is 10.1. The Labute approximate surface area is 161 Å². The smallest absolute Gasteiger partial charge is 0.337 e. The zero-order valence-electron chi connectivity index (χ0n) is 14.9. The summed E-state index contributed by atoms with van der Waals surface area (Å²) in [4.78, 5) is 11.6. The number of hydrogen-bond donors (Lipinski definition) is 1. The summed E-state index contributed by atoms with van der Waals surface area (Å²) in [5, 5.41) is 0. The summed E-state index contributed by atoms with van der Waals surface area (Å²) < 4.78 is 37.1. The number of carbonyl (C=O) groups is 1. The lowest BCUT2D eigenvalue weighted by Gasteiger charge is -2.31. The van der Waals surface area contributed by atoms with Gasteiger partial charge in [0, 0.05) is 19.7 Å². The van der Waals surface area contributed by atoms with Crippen LogP contribution >= 0.6 is 12.4 Å². The quantitative estimate of drug-likeness (QED) is 0.519. The number of hydrogen-bond acceptors (Lipinski definition) is 6. The summed E-state index contributed by atoms with van der Waals surface area (Å²) in [5.74, 6) is -0.606. The predicted molar refractivity (Wildman–Crippen MR) is 102 cm³/mol. The van der Waals surface area contributed by atoms with Gasteiger partial charge >= 0.3 is 5.97 Å². The van der Waals surface area contributed by atoms with Crippen molar-refractivity contribution in [3.8, 4) is 0 Å². The van der Waals surface area contributed by atoms with Gasteiger partial charge in [-0.2, -0.15) is 0 Å². The van der Waals surface area contributed by atoms with Gasteiger partial charge in [-0.3, -0.25) is 0 Å². The molecule has 0 spiro atoms. The van der Waals surface area contributed by atoms with E-state index in [9.17, 15) is 13.2 Å². The molecule has 0 amide bonds. The molecule has 1 aliphatic heterocycles. The normalized spacial score (nSPS) is 16.1. The molecule has 2 N–H and O–H groups in total. The van der Waals surface area contributed by atoms with Crippen molar-refractivity contribution in [3.05, 3.63) is 35.4 Å². The number of esters is 1. The van der Waals surface area contributed by atoms with Crippen molar-refractivity contribution >= 4 is 28.4 Å². The van der Waals surface area contributed by atoms with Crippen molar-refractivity contribution in [2.24, 2.45) is 5.73 Å². The molecule has 0 aromatic heterocycles. The highest BCUT2D eigenvalue weighted by atomic mass is 35.5. The fraction of sp³-hybridized carbons (Fsp3) is 0.588. The van der Waals surface area contributed by atoms with Crippen molar-refractivity contribution in [2.75, 3.05) is 33.4 Å². The fourth-order valence-corrected chi connectivity index (χ4v) is 4.37. The highest BCUT2D eigenvalue weighted by molar-refractivity contribution is 7.88.